The van der Waals surface area contributed by atoms with Crippen LogP contribution in [-0.2, 0) is 0 Å². The molecule has 0 unspecified atom stereocenters. The molecule has 6 nitrogen and oxygen atoms in total. The minimum Gasteiger partial charge on any atom is -0.459 e. The van der Waals surface area contributed by atoms with Gasteiger partial charge in [0.05, 0.1) is 6.26 Å². The van der Waals surface area contributed by atoms with Crippen LogP contribution in [0, 0.1) is 6.92 Å². The van der Waals surface area contributed by atoms with Crippen molar-refractivity contribution >= 4 is 29.0 Å². The molecule has 0 spiro atoms. The molecule has 2 aromatic carbocycles. The van der Waals surface area contributed by atoms with Gasteiger partial charge in [-0.15, -0.1) is 0 Å². The van der Waals surface area contributed by atoms with E-state index < -0.39 is 0 Å². The Kier molecular flexibility index (Phi) is 4.80. The Labute approximate surface area is 144 Å². The molecule has 1 heterocycles. The van der Waals surface area contributed by atoms with E-state index in [0.29, 0.717) is 17.1 Å². The van der Waals surface area contributed by atoms with Crippen molar-refractivity contribution in [2.45, 2.75) is 6.92 Å². The number of urea groups is 1. The van der Waals surface area contributed by atoms with Gasteiger partial charge in [0.15, 0.2) is 5.76 Å². The number of rotatable bonds is 4. The molecule has 3 rings (SSSR count). The lowest BCUT2D eigenvalue weighted by Crippen LogP contribution is -2.19. The monoisotopic (exact) mass is 335 g/mol. The van der Waals surface area contributed by atoms with Crippen molar-refractivity contribution in [2.75, 3.05) is 16.0 Å². The van der Waals surface area contributed by atoms with Crippen molar-refractivity contribution in [3.05, 3.63) is 78.3 Å². The Balaban J connectivity index is 1.68. The van der Waals surface area contributed by atoms with Gasteiger partial charge in [0, 0.05) is 17.1 Å². The van der Waals surface area contributed by atoms with E-state index in [1.165, 1.54) is 6.26 Å². The molecule has 126 valence electrons. The van der Waals surface area contributed by atoms with Gasteiger partial charge >= 0.3 is 6.03 Å². The van der Waals surface area contributed by atoms with E-state index in [-0.39, 0.29) is 17.7 Å². The number of carbonyl (C=O) groups excluding carboxylic acids is 2. The highest BCUT2D eigenvalue weighted by atomic mass is 16.3. The molecule has 0 aliphatic carbocycles. The van der Waals surface area contributed by atoms with E-state index in [1.54, 1.807) is 36.4 Å². The second-order valence-electron chi connectivity index (χ2n) is 5.41. The molecule has 0 fully saturated rings. The van der Waals surface area contributed by atoms with Crippen molar-refractivity contribution in [1.82, 2.24) is 0 Å². The lowest BCUT2D eigenvalue weighted by molar-refractivity contribution is 0.0996. The summed E-state index contributed by atoms with van der Waals surface area (Å²) in [5, 5.41) is 8.25. The standard InChI is InChI=1S/C19H17N3O3/c1-13-9-10-15(21-19(24)20-14-6-3-2-4-7-14)12-16(13)22-18(23)17-8-5-11-25-17/h2-12H,1H3,(H,22,23)(H2,20,21,24). The first-order valence-corrected chi connectivity index (χ1v) is 7.70. The SMILES string of the molecule is Cc1ccc(NC(=O)Nc2ccccc2)cc1NC(=O)c1ccco1. The number of aryl methyl sites for hydroxylation is 1. The molecule has 0 aliphatic heterocycles. The Morgan fingerprint density at radius 3 is 2.32 bits per heavy atom. The Morgan fingerprint density at radius 1 is 0.840 bits per heavy atom. The van der Waals surface area contributed by atoms with Crippen LogP contribution in [0.4, 0.5) is 21.9 Å². The van der Waals surface area contributed by atoms with Gasteiger partial charge in [-0.05, 0) is 48.9 Å². The number of anilines is 3. The average molecular weight is 335 g/mol. The molecule has 1 aromatic heterocycles. The molecule has 3 aromatic rings. The van der Waals surface area contributed by atoms with Gasteiger partial charge in [-0.1, -0.05) is 24.3 Å². The van der Waals surface area contributed by atoms with E-state index in [2.05, 4.69) is 16.0 Å². The summed E-state index contributed by atoms with van der Waals surface area (Å²) in [4.78, 5) is 24.2. The third-order valence-electron chi connectivity index (χ3n) is 3.52. The van der Waals surface area contributed by atoms with Crippen molar-refractivity contribution in [3.8, 4) is 0 Å². The van der Waals surface area contributed by atoms with E-state index in [0.717, 1.165) is 5.56 Å². The number of benzene rings is 2. The maximum absolute atomic E-state index is 12.1. The van der Waals surface area contributed by atoms with Crippen molar-refractivity contribution < 1.29 is 14.0 Å². The minimum atomic E-state index is -0.363. The summed E-state index contributed by atoms with van der Waals surface area (Å²) < 4.78 is 5.08. The van der Waals surface area contributed by atoms with Gasteiger partial charge < -0.3 is 20.4 Å². The summed E-state index contributed by atoms with van der Waals surface area (Å²) in [5.41, 5.74) is 2.72. The first-order chi connectivity index (χ1) is 12.1. The predicted octanol–water partition coefficient (Wildman–Crippen LogP) is 4.48. The highest BCUT2D eigenvalue weighted by Gasteiger charge is 2.11. The lowest BCUT2D eigenvalue weighted by Gasteiger charge is -2.11. The number of amides is 3. The number of furan rings is 1. The van der Waals surface area contributed by atoms with Crippen LogP contribution in [-0.4, -0.2) is 11.9 Å². The quantitative estimate of drug-likeness (QED) is 0.657. The highest BCUT2D eigenvalue weighted by molar-refractivity contribution is 6.04. The first kappa shape index (κ1) is 16.3. The fraction of sp³-hybridized carbons (Fsp3) is 0.0526. The van der Waals surface area contributed by atoms with Crippen molar-refractivity contribution in [2.24, 2.45) is 0 Å². The molecule has 0 saturated carbocycles. The minimum absolute atomic E-state index is 0.222. The molecule has 6 heteroatoms. The molecule has 0 radical (unpaired) electrons. The second kappa shape index (κ2) is 7.35. The van der Waals surface area contributed by atoms with Crippen LogP contribution in [0.25, 0.3) is 0 Å². The van der Waals surface area contributed by atoms with E-state index in [9.17, 15) is 9.59 Å². The summed E-state index contributed by atoms with van der Waals surface area (Å²) in [6.45, 7) is 1.87. The van der Waals surface area contributed by atoms with Crippen LogP contribution in [0.5, 0.6) is 0 Å². The maximum atomic E-state index is 12.1. The molecule has 0 atom stereocenters. The molecule has 3 amide bonds. The fourth-order valence-corrected chi connectivity index (χ4v) is 2.24. The zero-order valence-electron chi connectivity index (χ0n) is 13.6. The summed E-state index contributed by atoms with van der Waals surface area (Å²) in [7, 11) is 0. The summed E-state index contributed by atoms with van der Waals surface area (Å²) in [6, 6.07) is 17.3. The number of hydrogen-bond acceptors (Lipinski definition) is 3. The molecular weight excluding hydrogens is 318 g/mol. The fourth-order valence-electron chi connectivity index (χ4n) is 2.24. The predicted molar refractivity (Wildman–Crippen MR) is 96.9 cm³/mol. The molecule has 0 saturated heterocycles. The van der Waals surface area contributed by atoms with Crippen LogP contribution in [0.2, 0.25) is 0 Å². The van der Waals surface area contributed by atoms with E-state index in [1.807, 2.05) is 31.2 Å². The number of para-hydroxylation sites is 1. The van der Waals surface area contributed by atoms with Gasteiger partial charge in [-0.25, -0.2) is 4.79 Å². The Hall–Kier alpha value is -3.54. The normalized spacial score (nSPS) is 10.1. The van der Waals surface area contributed by atoms with E-state index >= 15 is 0 Å². The van der Waals surface area contributed by atoms with Crippen LogP contribution < -0.4 is 16.0 Å². The van der Waals surface area contributed by atoms with Crippen LogP contribution in [0.3, 0.4) is 0 Å². The first-order valence-electron chi connectivity index (χ1n) is 7.70. The van der Waals surface area contributed by atoms with Gasteiger partial charge in [0.1, 0.15) is 0 Å². The van der Waals surface area contributed by atoms with E-state index in [4.69, 9.17) is 4.42 Å². The highest BCUT2D eigenvalue weighted by Crippen LogP contribution is 2.21. The molecular formula is C19H17N3O3. The summed E-state index contributed by atoms with van der Waals surface area (Å²) in [6.07, 6.45) is 1.44. The van der Waals surface area contributed by atoms with Gasteiger partial charge in [-0.2, -0.15) is 0 Å². The number of nitrogens with one attached hydrogen (secondary N) is 3. The van der Waals surface area contributed by atoms with Gasteiger partial charge in [-0.3, -0.25) is 4.79 Å². The molecule has 0 aliphatic rings. The second-order valence-corrected chi connectivity index (χ2v) is 5.41. The van der Waals surface area contributed by atoms with Gasteiger partial charge in [0.2, 0.25) is 0 Å². The maximum Gasteiger partial charge on any atom is 0.323 e. The third-order valence-corrected chi connectivity index (χ3v) is 3.52. The Bertz CT molecular complexity index is 874. The Morgan fingerprint density at radius 2 is 1.60 bits per heavy atom. The summed E-state index contributed by atoms with van der Waals surface area (Å²) >= 11 is 0. The van der Waals surface area contributed by atoms with Crippen molar-refractivity contribution in [3.63, 3.8) is 0 Å². The van der Waals surface area contributed by atoms with Gasteiger partial charge in [0.25, 0.3) is 5.91 Å². The van der Waals surface area contributed by atoms with Crippen molar-refractivity contribution in [1.29, 1.82) is 0 Å². The third kappa shape index (κ3) is 4.26. The lowest BCUT2D eigenvalue weighted by atomic mass is 10.1. The smallest absolute Gasteiger partial charge is 0.323 e. The summed E-state index contributed by atoms with van der Waals surface area (Å²) in [5.74, 6) is -0.126. The average Bonchev–Trinajstić information content (AvgIpc) is 3.13. The zero-order chi connectivity index (χ0) is 17.6. The number of carbonyl (C=O) groups is 2. The largest absolute Gasteiger partial charge is 0.459 e. The molecule has 0 bridgehead atoms. The molecule has 25 heavy (non-hydrogen) atoms. The molecule has 3 N–H and O–H groups in total. The number of hydrogen-bond donors (Lipinski definition) is 3. The zero-order valence-corrected chi connectivity index (χ0v) is 13.6. The topological polar surface area (TPSA) is 83.4 Å². The van der Waals surface area contributed by atoms with Crippen LogP contribution in [0.1, 0.15) is 16.1 Å². The van der Waals surface area contributed by atoms with Crippen LogP contribution >= 0.6 is 0 Å². The van der Waals surface area contributed by atoms with Crippen LogP contribution in [0.15, 0.2) is 71.3 Å².